The van der Waals surface area contributed by atoms with Gasteiger partial charge in [-0.2, -0.15) is 10.2 Å². The predicted octanol–water partition coefficient (Wildman–Crippen LogP) is 1.84. The van der Waals surface area contributed by atoms with Crippen LogP contribution in [0, 0.1) is 11.3 Å². The van der Waals surface area contributed by atoms with Gasteiger partial charge in [0.05, 0.1) is 11.5 Å². The third-order valence-corrected chi connectivity index (χ3v) is 4.49. The first-order chi connectivity index (χ1) is 11.7. The summed E-state index contributed by atoms with van der Waals surface area (Å²) in [6.07, 6.45) is 2.76. The Hall–Kier alpha value is -3.14. The average molecular weight is 321 g/mol. The number of anilines is 2. The van der Waals surface area contributed by atoms with Crippen molar-refractivity contribution in [3.63, 3.8) is 0 Å². The number of hydrogen-bond acceptors (Lipinski definition) is 6. The molecule has 0 atom stereocenters. The van der Waals surface area contributed by atoms with Crippen LogP contribution in [-0.4, -0.2) is 28.5 Å². The van der Waals surface area contributed by atoms with E-state index in [0.29, 0.717) is 30.2 Å². The van der Waals surface area contributed by atoms with E-state index in [0.717, 1.165) is 5.56 Å². The van der Waals surface area contributed by atoms with Crippen molar-refractivity contribution in [1.29, 1.82) is 5.26 Å². The van der Waals surface area contributed by atoms with E-state index in [4.69, 9.17) is 4.74 Å². The number of amides is 1. The molecule has 7 heteroatoms. The topological polar surface area (TPSA) is 99.9 Å². The first kappa shape index (κ1) is 14.5. The van der Waals surface area contributed by atoms with Gasteiger partial charge in [-0.15, -0.1) is 0 Å². The first-order valence-corrected chi connectivity index (χ1v) is 7.71. The molecule has 0 unspecified atom stereocenters. The van der Waals surface area contributed by atoms with Gasteiger partial charge in [-0.1, -0.05) is 30.3 Å². The molecule has 0 bridgehead atoms. The molecule has 2 N–H and O–H groups in total. The predicted molar refractivity (Wildman–Crippen MR) is 86.5 cm³/mol. The number of fused-ring (bicyclic) bond motifs is 1. The Bertz CT molecular complexity index is 825. The fraction of sp³-hybridized carbons (Fsp3) is 0.294. The number of carbonyl (C=O) groups excluding carboxylic acids is 1. The molecule has 4 rings (SSSR count). The molecule has 1 aromatic carbocycles. The molecule has 0 spiro atoms. The Labute approximate surface area is 138 Å². The quantitative estimate of drug-likeness (QED) is 0.895. The van der Waals surface area contributed by atoms with Crippen LogP contribution in [0.4, 0.5) is 11.5 Å². The smallest absolute Gasteiger partial charge is 0.262 e. The van der Waals surface area contributed by atoms with E-state index in [1.54, 1.807) is 0 Å². The fourth-order valence-electron chi connectivity index (χ4n) is 3.24. The molecule has 1 aromatic heterocycles. The molecule has 2 heterocycles. The highest BCUT2D eigenvalue weighted by atomic mass is 16.5. The van der Waals surface area contributed by atoms with Crippen LogP contribution >= 0.6 is 0 Å². The monoisotopic (exact) mass is 321 g/mol. The second kappa shape index (κ2) is 5.49. The molecule has 1 saturated carbocycles. The minimum atomic E-state index is -0.467. The van der Waals surface area contributed by atoms with Crippen molar-refractivity contribution in [3.8, 4) is 11.9 Å². The number of nitrogens with zero attached hydrogens (tertiary/aromatic N) is 3. The first-order valence-electron chi connectivity index (χ1n) is 7.71. The normalized spacial score (nSPS) is 24.6. The maximum Gasteiger partial charge on any atom is 0.262 e. The van der Waals surface area contributed by atoms with Crippen LogP contribution in [0.3, 0.4) is 0 Å². The second-order valence-electron chi connectivity index (χ2n) is 6.05. The number of carbonyl (C=O) groups is 1. The summed E-state index contributed by atoms with van der Waals surface area (Å²) in [7, 11) is 0. The Morgan fingerprint density at radius 1 is 1.29 bits per heavy atom. The molecule has 120 valence electrons. The minimum Gasteiger partial charge on any atom is -0.466 e. The van der Waals surface area contributed by atoms with Crippen LogP contribution in [0.2, 0.25) is 0 Å². The lowest BCUT2D eigenvalue weighted by Crippen LogP contribution is -2.47. The van der Waals surface area contributed by atoms with Gasteiger partial charge in [0.15, 0.2) is 12.4 Å². The molecule has 24 heavy (non-hydrogen) atoms. The highest BCUT2D eigenvalue weighted by Gasteiger charge is 2.46. The van der Waals surface area contributed by atoms with Crippen molar-refractivity contribution >= 4 is 17.4 Å². The molecule has 7 nitrogen and oxygen atoms in total. The van der Waals surface area contributed by atoms with Gasteiger partial charge < -0.3 is 15.4 Å². The molecular weight excluding hydrogens is 306 g/mol. The van der Waals surface area contributed by atoms with Crippen molar-refractivity contribution in [1.82, 2.24) is 9.97 Å². The van der Waals surface area contributed by atoms with Crippen LogP contribution in [0.5, 0.6) is 5.88 Å². The largest absolute Gasteiger partial charge is 0.466 e. The van der Waals surface area contributed by atoms with E-state index in [9.17, 15) is 10.1 Å². The van der Waals surface area contributed by atoms with Crippen LogP contribution in [0.15, 0.2) is 36.7 Å². The number of rotatable bonds is 3. The molecule has 1 amide bonds. The van der Waals surface area contributed by atoms with Gasteiger partial charge in [0, 0.05) is 6.04 Å². The number of nitrogens with one attached hydrogen (secondary N) is 2. The lowest BCUT2D eigenvalue weighted by molar-refractivity contribution is -0.118. The Kier molecular flexibility index (Phi) is 3.31. The van der Waals surface area contributed by atoms with E-state index in [1.165, 1.54) is 6.33 Å². The van der Waals surface area contributed by atoms with E-state index in [2.05, 4.69) is 26.7 Å². The van der Waals surface area contributed by atoms with Crippen molar-refractivity contribution in [3.05, 3.63) is 42.2 Å². The van der Waals surface area contributed by atoms with E-state index in [1.807, 2.05) is 30.3 Å². The van der Waals surface area contributed by atoms with E-state index < -0.39 is 5.41 Å². The lowest BCUT2D eigenvalue weighted by atomic mass is 9.62. The van der Waals surface area contributed by atoms with E-state index in [-0.39, 0.29) is 18.6 Å². The van der Waals surface area contributed by atoms with E-state index >= 15 is 0 Å². The summed E-state index contributed by atoms with van der Waals surface area (Å²) in [5, 5.41) is 15.6. The number of nitriles is 1. The molecule has 0 radical (unpaired) electrons. The third-order valence-electron chi connectivity index (χ3n) is 4.49. The fourth-order valence-corrected chi connectivity index (χ4v) is 3.24. The van der Waals surface area contributed by atoms with Crippen molar-refractivity contribution in [2.45, 2.75) is 24.3 Å². The molecular formula is C17H15N5O2. The second-order valence-corrected chi connectivity index (χ2v) is 6.05. The van der Waals surface area contributed by atoms with Gasteiger partial charge in [0.1, 0.15) is 12.0 Å². The maximum atomic E-state index is 11.5. The summed E-state index contributed by atoms with van der Waals surface area (Å²) in [5.74, 6) is 0.656. The molecule has 1 fully saturated rings. The van der Waals surface area contributed by atoms with Gasteiger partial charge >= 0.3 is 0 Å². The molecule has 0 saturated heterocycles. The minimum absolute atomic E-state index is 0.0432. The summed E-state index contributed by atoms with van der Waals surface area (Å²) in [6.45, 7) is -0.0432. The number of aromatic nitrogens is 2. The molecule has 2 aliphatic rings. The van der Waals surface area contributed by atoms with Gasteiger partial charge in [0.2, 0.25) is 5.88 Å². The Morgan fingerprint density at radius 2 is 2.08 bits per heavy atom. The van der Waals surface area contributed by atoms with Crippen LogP contribution in [0.1, 0.15) is 18.4 Å². The molecule has 1 aliphatic heterocycles. The number of benzene rings is 1. The number of ether oxygens (including phenoxy) is 1. The Morgan fingerprint density at radius 3 is 2.83 bits per heavy atom. The van der Waals surface area contributed by atoms with Gasteiger partial charge in [0.25, 0.3) is 5.91 Å². The highest BCUT2D eigenvalue weighted by molar-refractivity contribution is 5.97. The zero-order valence-electron chi connectivity index (χ0n) is 12.8. The summed E-state index contributed by atoms with van der Waals surface area (Å²) < 4.78 is 5.29. The van der Waals surface area contributed by atoms with Crippen molar-refractivity contribution in [2.24, 2.45) is 0 Å². The summed E-state index contributed by atoms with van der Waals surface area (Å²) in [4.78, 5) is 19.7. The number of hydrogen-bond donors (Lipinski definition) is 2. The summed E-state index contributed by atoms with van der Waals surface area (Å²) in [5.41, 5.74) is 1.03. The zero-order chi connectivity index (χ0) is 16.6. The lowest BCUT2D eigenvalue weighted by Gasteiger charge is -2.43. The maximum absolute atomic E-state index is 11.5. The average Bonchev–Trinajstić information content (AvgIpc) is 2.59. The summed E-state index contributed by atoms with van der Waals surface area (Å²) >= 11 is 0. The molecule has 1 aliphatic carbocycles. The summed E-state index contributed by atoms with van der Waals surface area (Å²) in [6, 6.07) is 12.4. The van der Waals surface area contributed by atoms with Gasteiger partial charge in [-0.3, -0.25) is 4.79 Å². The van der Waals surface area contributed by atoms with Crippen LogP contribution < -0.4 is 15.4 Å². The standard InChI is InChI=1S/C17H15N5O2/c18-9-17(11-4-2-1-3-5-11)6-12(7-17)21-15-14-16(20-10-19-15)24-8-13(23)22-14/h1-5,10,12H,6-8H2,(H,22,23)(H,19,20,21). The zero-order valence-corrected chi connectivity index (χ0v) is 12.8. The van der Waals surface area contributed by atoms with Gasteiger partial charge in [-0.05, 0) is 18.4 Å². The Balaban J connectivity index is 1.51. The van der Waals surface area contributed by atoms with Crippen LogP contribution in [0.25, 0.3) is 0 Å². The van der Waals surface area contributed by atoms with Crippen molar-refractivity contribution < 1.29 is 9.53 Å². The third kappa shape index (κ3) is 2.33. The van der Waals surface area contributed by atoms with Gasteiger partial charge in [-0.25, -0.2) is 4.98 Å². The SMILES string of the molecule is N#CC1(c2ccccc2)CC(Nc2ncnc3c2NC(=O)CO3)C1. The van der Waals surface area contributed by atoms with Crippen LogP contribution in [-0.2, 0) is 10.2 Å². The molecule has 2 aromatic rings. The highest BCUT2D eigenvalue weighted by Crippen LogP contribution is 2.45. The van der Waals surface area contributed by atoms with Crippen molar-refractivity contribution in [2.75, 3.05) is 17.2 Å².